The molecule has 2 nitrogen and oxygen atoms in total. The van der Waals surface area contributed by atoms with E-state index >= 15 is 0 Å². The molecule has 2 N–H and O–H groups in total. The second-order valence-corrected chi connectivity index (χ2v) is 6.36. The summed E-state index contributed by atoms with van der Waals surface area (Å²) in [5.74, 6) is 0.683. The average molecular weight is 274 g/mol. The van der Waals surface area contributed by atoms with E-state index in [0.29, 0.717) is 18.0 Å². The SMILES string of the molecule is CCN(C(C)c1ccc(C)cc1C)C1CCCC1CN. The minimum atomic E-state index is 0.484. The quantitative estimate of drug-likeness (QED) is 0.884. The molecule has 1 saturated carbocycles. The third-order valence-corrected chi connectivity index (χ3v) is 5.09. The van der Waals surface area contributed by atoms with E-state index in [4.69, 9.17) is 5.73 Å². The fraction of sp³-hybridized carbons (Fsp3) is 0.667. The second kappa shape index (κ2) is 6.73. The summed E-state index contributed by atoms with van der Waals surface area (Å²) in [6.07, 6.45) is 3.95. The van der Waals surface area contributed by atoms with E-state index in [-0.39, 0.29) is 0 Å². The molecule has 0 spiro atoms. The maximum absolute atomic E-state index is 5.98. The lowest BCUT2D eigenvalue weighted by atomic mass is 9.95. The van der Waals surface area contributed by atoms with Crippen LogP contribution in [-0.2, 0) is 0 Å². The molecule has 0 aliphatic heterocycles. The van der Waals surface area contributed by atoms with Gasteiger partial charge in [0, 0.05) is 12.1 Å². The molecular weight excluding hydrogens is 244 g/mol. The summed E-state index contributed by atoms with van der Waals surface area (Å²) in [7, 11) is 0. The minimum Gasteiger partial charge on any atom is -0.330 e. The summed E-state index contributed by atoms with van der Waals surface area (Å²) < 4.78 is 0. The van der Waals surface area contributed by atoms with Crippen LogP contribution in [-0.4, -0.2) is 24.0 Å². The van der Waals surface area contributed by atoms with Gasteiger partial charge >= 0.3 is 0 Å². The van der Waals surface area contributed by atoms with Gasteiger partial charge in [-0.3, -0.25) is 4.90 Å². The zero-order valence-corrected chi connectivity index (χ0v) is 13.5. The van der Waals surface area contributed by atoms with Crippen molar-refractivity contribution in [1.82, 2.24) is 4.90 Å². The van der Waals surface area contributed by atoms with Gasteiger partial charge in [0.2, 0.25) is 0 Å². The highest BCUT2D eigenvalue weighted by atomic mass is 15.2. The molecular formula is C18H30N2. The molecule has 1 aliphatic rings. The van der Waals surface area contributed by atoms with Crippen LogP contribution in [0.15, 0.2) is 18.2 Å². The maximum Gasteiger partial charge on any atom is 0.0325 e. The lowest BCUT2D eigenvalue weighted by Gasteiger charge is -2.37. The van der Waals surface area contributed by atoms with E-state index in [1.807, 2.05) is 0 Å². The van der Waals surface area contributed by atoms with Gasteiger partial charge in [0.15, 0.2) is 0 Å². The Morgan fingerprint density at radius 2 is 2.05 bits per heavy atom. The fourth-order valence-corrected chi connectivity index (χ4v) is 4.00. The van der Waals surface area contributed by atoms with Gasteiger partial charge in [-0.1, -0.05) is 37.1 Å². The third kappa shape index (κ3) is 3.07. The highest BCUT2D eigenvalue weighted by molar-refractivity contribution is 5.32. The van der Waals surface area contributed by atoms with E-state index in [2.05, 4.69) is 50.8 Å². The minimum absolute atomic E-state index is 0.484. The van der Waals surface area contributed by atoms with Crippen molar-refractivity contribution in [3.63, 3.8) is 0 Å². The van der Waals surface area contributed by atoms with Crippen LogP contribution in [0.4, 0.5) is 0 Å². The molecule has 0 radical (unpaired) electrons. The zero-order valence-electron chi connectivity index (χ0n) is 13.5. The normalized spacial score (nSPS) is 24.3. The van der Waals surface area contributed by atoms with Gasteiger partial charge in [0.1, 0.15) is 0 Å². The summed E-state index contributed by atoms with van der Waals surface area (Å²) in [4.78, 5) is 2.67. The van der Waals surface area contributed by atoms with Crippen molar-refractivity contribution >= 4 is 0 Å². The van der Waals surface area contributed by atoms with E-state index in [1.54, 1.807) is 0 Å². The van der Waals surface area contributed by atoms with Crippen molar-refractivity contribution in [2.45, 2.75) is 59.0 Å². The molecule has 0 amide bonds. The predicted molar refractivity (Wildman–Crippen MR) is 86.9 cm³/mol. The number of nitrogens with two attached hydrogens (primary N) is 1. The molecule has 2 heteroatoms. The van der Waals surface area contributed by atoms with E-state index in [9.17, 15) is 0 Å². The lowest BCUT2D eigenvalue weighted by Crippen LogP contribution is -2.41. The first kappa shape index (κ1) is 15.5. The molecule has 3 atom stereocenters. The summed E-state index contributed by atoms with van der Waals surface area (Å²) in [6, 6.07) is 8.00. The Kier molecular flexibility index (Phi) is 5.22. The van der Waals surface area contributed by atoms with Gasteiger partial charge in [-0.05, 0) is 63.7 Å². The van der Waals surface area contributed by atoms with Crippen molar-refractivity contribution in [2.24, 2.45) is 11.7 Å². The van der Waals surface area contributed by atoms with E-state index in [0.717, 1.165) is 13.1 Å². The van der Waals surface area contributed by atoms with Crippen molar-refractivity contribution in [1.29, 1.82) is 0 Å². The van der Waals surface area contributed by atoms with Crippen LogP contribution in [0.1, 0.15) is 55.8 Å². The van der Waals surface area contributed by atoms with Crippen LogP contribution in [0.25, 0.3) is 0 Å². The Bertz CT molecular complexity index is 441. The molecule has 1 fully saturated rings. The standard InChI is InChI=1S/C18H30N2/c1-5-20(18-8-6-7-16(18)12-19)15(4)17-10-9-13(2)11-14(17)3/h9-11,15-16,18H,5-8,12,19H2,1-4H3. The predicted octanol–water partition coefficient (Wildman–Crippen LogP) is 3.81. The Balaban J connectivity index is 2.22. The maximum atomic E-state index is 5.98. The monoisotopic (exact) mass is 274 g/mol. The van der Waals surface area contributed by atoms with Crippen molar-refractivity contribution < 1.29 is 0 Å². The summed E-state index contributed by atoms with van der Waals surface area (Å²) in [6.45, 7) is 11.0. The molecule has 1 aromatic carbocycles. The number of benzene rings is 1. The van der Waals surface area contributed by atoms with Gasteiger partial charge in [0.05, 0.1) is 0 Å². The van der Waals surface area contributed by atoms with Crippen molar-refractivity contribution in [3.8, 4) is 0 Å². The molecule has 2 rings (SSSR count). The molecule has 3 unspecified atom stereocenters. The summed E-state index contributed by atoms with van der Waals surface area (Å²) in [5.41, 5.74) is 10.2. The molecule has 1 aliphatic carbocycles. The highest BCUT2D eigenvalue weighted by Gasteiger charge is 2.33. The molecule has 0 aromatic heterocycles. The molecule has 20 heavy (non-hydrogen) atoms. The van der Waals surface area contributed by atoms with Crippen LogP contribution in [0.2, 0.25) is 0 Å². The number of hydrogen-bond donors (Lipinski definition) is 1. The summed E-state index contributed by atoms with van der Waals surface area (Å²) in [5, 5.41) is 0. The number of nitrogens with zero attached hydrogens (tertiary/aromatic N) is 1. The molecule has 0 saturated heterocycles. The van der Waals surface area contributed by atoms with Gasteiger partial charge in [-0.15, -0.1) is 0 Å². The average Bonchev–Trinajstić information content (AvgIpc) is 2.87. The second-order valence-electron chi connectivity index (χ2n) is 6.36. The molecule has 1 aromatic rings. The van der Waals surface area contributed by atoms with Crippen LogP contribution < -0.4 is 5.73 Å². The van der Waals surface area contributed by atoms with Crippen LogP contribution >= 0.6 is 0 Å². The topological polar surface area (TPSA) is 29.3 Å². The zero-order chi connectivity index (χ0) is 14.7. The number of aryl methyl sites for hydroxylation is 2. The van der Waals surface area contributed by atoms with Crippen LogP contribution in [0, 0.1) is 19.8 Å². The smallest absolute Gasteiger partial charge is 0.0325 e. The van der Waals surface area contributed by atoms with Gasteiger partial charge < -0.3 is 5.73 Å². The first-order chi connectivity index (χ1) is 9.58. The van der Waals surface area contributed by atoms with Crippen LogP contribution in [0.5, 0.6) is 0 Å². The summed E-state index contributed by atoms with van der Waals surface area (Å²) >= 11 is 0. The first-order valence-electron chi connectivity index (χ1n) is 8.11. The van der Waals surface area contributed by atoms with Gasteiger partial charge in [-0.2, -0.15) is 0 Å². The van der Waals surface area contributed by atoms with Crippen molar-refractivity contribution in [2.75, 3.05) is 13.1 Å². The van der Waals surface area contributed by atoms with Gasteiger partial charge in [0.25, 0.3) is 0 Å². The molecule has 0 bridgehead atoms. The Labute approximate surface area is 124 Å². The number of hydrogen-bond acceptors (Lipinski definition) is 2. The number of rotatable bonds is 5. The lowest BCUT2D eigenvalue weighted by molar-refractivity contribution is 0.123. The Morgan fingerprint density at radius 3 is 2.65 bits per heavy atom. The van der Waals surface area contributed by atoms with E-state index in [1.165, 1.54) is 36.0 Å². The van der Waals surface area contributed by atoms with Crippen LogP contribution in [0.3, 0.4) is 0 Å². The largest absolute Gasteiger partial charge is 0.330 e. The van der Waals surface area contributed by atoms with Gasteiger partial charge in [-0.25, -0.2) is 0 Å². The fourth-order valence-electron chi connectivity index (χ4n) is 4.00. The molecule has 0 heterocycles. The van der Waals surface area contributed by atoms with Crippen molar-refractivity contribution in [3.05, 3.63) is 34.9 Å². The Hall–Kier alpha value is -0.860. The Morgan fingerprint density at radius 1 is 1.30 bits per heavy atom. The third-order valence-electron chi connectivity index (χ3n) is 5.09. The first-order valence-corrected chi connectivity index (χ1v) is 8.11. The van der Waals surface area contributed by atoms with E-state index < -0.39 is 0 Å². The highest BCUT2D eigenvalue weighted by Crippen LogP contribution is 2.35. The molecule has 112 valence electrons.